The van der Waals surface area contributed by atoms with Gasteiger partial charge in [0.1, 0.15) is 17.3 Å². The first-order chi connectivity index (χ1) is 36.4. The molecule has 0 bridgehead atoms. The highest BCUT2D eigenvalue weighted by atomic mass is 32.2. The second kappa shape index (κ2) is 23.6. The van der Waals surface area contributed by atoms with E-state index in [2.05, 4.69) is 25.1 Å². The number of β-lactam (4-membered cyclic amide) rings is 1. The molecular weight excluding hydrogens is 1000 g/mol. The van der Waals surface area contributed by atoms with Crippen molar-refractivity contribution in [3.8, 4) is 0 Å². The van der Waals surface area contributed by atoms with Crippen LogP contribution in [-0.2, 0) is 40.0 Å². The number of amides is 3. The lowest BCUT2D eigenvalue weighted by molar-refractivity contribution is -0.158. The number of nitrogens with zero attached hydrogens (tertiary/aromatic N) is 5. The second-order valence-electron chi connectivity index (χ2n) is 18.4. The summed E-state index contributed by atoms with van der Waals surface area (Å²) in [6.07, 6.45) is 1.16. The van der Waals surface area contributed by atoms with E-state index in [1.807, 2.05) is 185 Å². The Morgan fingerprint density at radius 1 is 0.813 bits per heavy atom. The van der Waals surface area contributed by atoms with E-state index in [1.54, 1.807) is 18.0 Å². The molecule has 7 aromatic rings. The Balaban J connectivity index is 1.02. The van der Waals surface area contributed by atoms with Crippen molar-refractivity contribution in [1.29, 1.82) is 0 Å². The standard InChI is InChI=1S/C57H54N8O7S3/c1-56(2,3)71-55(69)60-34-35-73-36-42-44(30-19-33-59-42)74-45-32-31-43-46(52(67)65(43)48(45)53(68)70-49(37-20-9-4-10-21-37)38-22-11-5-12-23-38)61-51(66)47(50-62-54(58)75-64-50)63-72-57(39-24-13-6-14-25-39,40-26-15-7-16-27-40)41-28-17-8-18-29-41/h4-30,33,43,46,49H,31-32,34-36H2,1-3H3,(H,60,69)(H,61,66)(H2,58,62,64)/t43-,46+/m1/s1. The lowest BCUT2D eigenvalue weighted by Gasteiger charge is -2.50. The number of thioether (sulfide) groups is 2. The Labute approximate surface area is 447 Å². The molecule has 2 aliphatic heterocycles. The van der Waals surface area contributed by atoms with Crippen LogP contribution in [0.3, 0.4) is 0 Å². The molecule has 1 fully saturated rings. The minimum absolute atomic E-state index is 0.0807. The van der Waals surface area contributed by atoms with Gasteiger partial charge in [-0.05, 0) is 56.9 Å². The highest BCUT2D eigenvalue weighted by Crippen LogP contribution is 2.46. The largest absolute Gasteiger partial charge is 0.448 e. The number of allylic oxidation sites excluding steroid dienone is 1. The number of hydrogen-bond acceptors (Lipinski definition) is 15. The van der Waals surface area contributed by atoms with Gasteiger partial charge in [-0.1, -0.05) is 169 Å². The average Bonchev–Trinajstić information content (AvgIpc) is 3.89. The van der Waals surface area contributed by atoms with E-state index in [9.17, 15) is 14.4 Å². The number of nitrogen functional groups attached to an aromatic ring is 1. The number of carbonyl (C=O) groups is 4. The molecule has 3 amide bonds. The van der Waals surface area contributed by atoms with Crippen LogP contribution in [0.1, 0.15) is 79.1 Å². The van der Waals surface area contributed by atoms with Crippen molar-refractivity contribution in [3.05, 3.63) is 220 Å². The maximum Gasteiger partial charge on any atom is 0.407 e. The van der Waals surface area contributed by atoms with Gasteiger partial charge in [0, 0.05) is 62.3 Å². The number of oxime groups is 1. The molecule has 382 valence electrons. The van der Waals surface area contributed by atoms with Gasteiger partial charge in [0.05, 0.1) is 11.7 Å². The topological polar surface area (TPSA) is 200 Å². The zero-order chi connectivity index (χ0) is 52.4. The molecule has 4 N–H and O–H groups in total. The van der Waals surface area contributed by atoms with Crippen molar-refractivity contribution in [1.82, 2.24) is 29.9 Å². The van der Waals surface area contributed by atoms with Crippen LogP contribution in [0.25, 0.3) is 0 Å². The van der Waals surface area contributed by atoms with Crippen molar-refractivity contribution in [2.24, 2.45) is 5.16 Å². The summed E-state index contributed by atoms with van der Waals surface area (Å²) < 4.78 is 16.2. The number of pyridine rings is 1. The Hall–Kier alpha value is -7.80. The number of anilines is 1. The third-order valence-electron chi connectivity index (χ3n) is 12.2. The number of aromatic nitrogens is 3. The number of esters is 1. The van der Waals surface area contributed by atoms with Gasteiger partial charge in [-0.25, -0.2) is 9.59 Å². The average molecular weight is 1060 g/mol. The predicted octanol–water partition coefficient (Wildman–Crippen LogP) is 9.81. The lowest BCUT2D eigenvalue weighted by atomic mass is 9.80. The van der Waals surface area contributed by atoms with E-state index < -0.39 is 53.3 Å². The molecule has 18 heteroatoms. The van der Waals surface area contributed by atoms with Gasteiger partial charge in [-0.2, -0.15) is 21.1 Å². The normalized spacial score (nSPS) is 15.7. The first-order valence-electron chi connectivity index (χ1n) is 24.3. The Morgan fingerprint density at radius 3 is 1.93 bits per heavy atom. The third kappa shape index (κ3) is 12.1. The van der Waals surface area contributed by atoms with Crippen LogP contribution >= 0.6 is 35.1 Å². The highest BCUT2D eigenvalue weighted by molar-refractivity contribution is 8.03. The number of rotatable bonds is 19. The molecular formula is C57H54N8O7S3. The van der Waals surface area contributed by atoms with Crippen molar-refractivity contribution >= 4 is 69.8 Å². The fourth-order valence-corrected chi connectivity index (χ4v) is 11.3. The second-order valence-corrected chi connectivity index (χ2v) is 21.5. The summed E-state index contributed by atoms with van der Waals surface area (Å²) in [5.74, 6) is -1.00. The van der Waals surface area contributed by atoms with Crippen molar-refractivity contribution in [3.63, 3.8) is 0 Å². The molecule has 0 saturated carbocycles. The molecule has 15 nitrogen and oxygen atoms in total. The summed E-state index contributed by atoms with van der Waals surface area (Å²) in [6, 6.07) is 49.5. The molecule has 75 heavy (non-hydrogen) atoms. The third-order valence-corrected chi connectivity index (χ3v) is 15.0. The predicted molar refractivity (Wildman–Crippen MR) is 291 cm³/mol. The van der Waals surface area contributed by atoms with Crippen molar-refractivity contribution in [2.75, 3.05) is 18.0 Å². The quantitative estimate of drug-likeness (QED) is 0.0173. The number of carbonyl (C=O) groups excluding carboxylic acids is 4. The van der Waals surface area contributed by atoms with Gasteiger partial charge < -0.3 is 30.7 Å². The van der Waals surface area contributed by atoms with Crippen LogP contribution in [0.15, 0.2) is 191 Å². The Kier molecular flexibility index (Phi) is 16.4. The summed E-state index contributed by atoms with van der Waals surface area (Å²) in [6.45, 7) is 5.82. The number of nitrogens with two attached hydrogens (primary N) is 1. The smallest absolute Gasteiger partial charge is 0.407 e. The molecule has 5 aromatic carbocycles. The lowest BCUT2D eigenvalue weighted by Crippen LogP contribution is -2.72. The molecule has 2 atom stereocenters. The van der Waals surface area contributed by atoms with Crippen LogP contribution in [0.4, 0.5) is 9.93 Å². The summed E-state index contributed by atoms with van der Waals surface area (Å²) in [5.41, 5.74) is 8.35. The van der Waals surface area contributed by atoms with Gasteiger partial charge in [-0.15, -0.1) is 0 Å². The van der Waals surface area contributed by atoms with Gasteiger partial charge in [0.15, 0.2) is 11.2 Å². The SMILES string of the molecule is CC(C)(C)OC(=O)NCCSCc1ncccc1SC1=C(C(=O)OC(c2ccccc2)c2ccccc2)N2C(=O)[C@@H](NC(=O)C(=NOC(c3ccccc3)(c3ccccc3)c3ccccc3)c3nsc(N)n3)[C@H]2CC1. The number of fused-ring (bicyclic) bond motifs is 1. The molecule has 0 radical (unpaired) electrons. The Bertz CT molecular complexity index is 3040. The zero-order valence-electron chi connectivity index (χ0n) is 41.3. The number of ether oxygens (including phenoxy) is 2. The molecule has 2 aliphatic rings. The molecule has 0 unspecified atom stereocenters. The molecule has 0 spiro atoms. The molecule has 9 rings (SSSR count). The first-order valence-corrected chi connectivity index (χ1v) is 27.0. The number of nitrogens with one attached hydrogen (secondary N) is 2. The van der Waals surface area contributed by atoms with Crippen LogP contribution < -0.4 is 16.4 Å². The van der Waals surface area contributed by atoms with E-state index in [-0.39, 0.29) is 22.4 Å². The number of hydrogen-bond donors (Lipinski definition) is 3. The zero-order valence-corrected chi connectivity index (χ0v) is 43.8. The van der Waals surface area contributed by atoms with E-state index in [0.717, 1.165) is 49.9 Å². The molecule has 1 saturated heterocycles. The molecule has 0 aliphatic carbocycles. The molecule has 2 aromatic heterocycles. The first kappa shape index (κ1) is 52.1. The van der Waals surface area contributed by atoms with E-state index in [0.29, 0.717) is 35.8 Å². The van der Waals surface area contributed by atoms with Gasteiger partial charge >= 0.3 is 12.1 Å². The van der Waals surface area contributed by atoms with E-state index in [4.69, 9.17) is 25.0 Å². The van der Waals surface area contributed by atoms with E-state index in [1.165, 1.54) is 16.7 Å². The monoisotopic (exact) mass is 1060 g/mol. The minimum Gasteiger partial charge on any atom is -0.448 e. The number of alkyl carbamates (subject to hydrolysis) is 1. The maximum absolute atomic E-state index is 15.0. The fourth-order valence-electron chi connectivity index (χ4n) is 8.85. The highest BCUT2D eigenvalue weighted by Gasteiger charge is 2.54. The van der Waals surface area contributed by atoms with Gasteiger partial charge in [0.2, 0.25) is 17.1 Å². The number of benzene rings is 5. The van der Waals surface area contributed by atoms with Gasteiger partial charge in [-0.3, -0.25) is 19.5 Å². The van der Waals surface area contributed by atoms with Crippen LogP contribution in [0.2, 0.25) is 0 Å². The van der Waals surface area contributed by atoms with E-state index >= 15 is 4.79 Å². The van der Waals surface area contributed by atoms with Crippen LogP contribution in [0, 0.1) is 0 Å². The van der Waals surface area contributed by atoms with Crippen molar-refractivity contribution in [2.45, 2.75) is 73.7 Å². The van der Waals surface area contributed by atoms with Crippen LogP contribution in [-0.4, -0.2) is 78.8 Å². The Morgan fingerprint density at radius 2 is 1.39 bits per heavy atom. The summed E-state index contributed by atoms with van der Waals surface area (Å²) >= 11 is 3.82. The van der Waals surface area contributed by atoms with Crippen LogP contribution in [0.5, 0.6) is 0 Å². The summed E-state index contributed by atoms with van der Waals surface area (Å²) in [5, 5.41) is 10.4. The van der Waals surface area contributed by atoms with Gasteiger partial charge in [0.25, 0.3) is 11.8 Å². The minimum atomic E-state index is -1.36. The fraction of sp³-hybridized carbons (Fsp3) is 0.228. The maximum atomic E-state index is 15.0. The van der Waals surface area contributed by atoms with Crippen molar-refractivity contribution < 1.29 is 33.5 Å². The molecule has 4 heterocycles. The summed E-state index contributed by atoms with van der Waals surface area (Å²) in [4.78, 5) is 75.4. The summed E-state index contributed by atoms with van der Waals surface area (Å²) in [7, 11) is 0.